The molecule has 186 valence electrons. The lowest BCUT2D eigenvalue weighted by Crippen LogP contribution is -2.22. The molecule has 36 heavy (non-hydrogen) atoms. The highest BCUT2D eigenvalue weighted by Crippen LogP contribution is 2.30. The Bertz CT molecular complexity index is 1450. The Balaban J connectivity index is 1.44. The molecule has 4 aromatic rings. The van der Waals surface area contributed by atoms with Crippen LogP contribution < -0.4 is 5.32 Å². The third-order valence-electron chi connectivity index (χ3n) is 5.20. The molecule has 11 heteroatoms. The number of aromatic nitrogens is 2. The Kier molecular flexibility index (Phi) is 7.65. The van der Waals surface area contributed by atoms with Crippen LogP contribution in [0.1, 0.15) is 27.5 Å². The van der Waals surface area contributed by atoms with Crippen LogP contribution in [0.25, 0.3) is 17.0 Å². The fourth-order valence-corrected chi connectivity index (χ4v) is 3.84. The molecule has 0 unspecified atom stereocenters. The third kappa shape index (κ3) is 5.72. The van der Waals surface area contributed by atoms with E-state index in [0.717, 1.165) is 12.3 Å². The van der Waals surface area contributed by atoms with E-state index in [0.29, 0.717) is 27.1 Å². The van der Waals surface area contributed by atoms with Crippen molar-refractivity contribution in [2.45, 2.75) is 13.2 Å². The molecule has 0 radical (unpaired) electrons. The second-order valence-electron chi connectivity index (χ2n) is 7.57. The molecule has 0 aliphatic heterocycles. The van der Waals surface area contributed by atoms with E-state index >= 15 is 0 Å². The van der Waals surface area contributed by atoms with Gasteiger partial charge in [0.25, 0.3) is 0 Å². The van der Waals surface area contributed by atoms with Gasteiger partial charge >= 0.3 is 12.1 Å². The van der Waals surface area contributed by atoms with Gasteiger partial charge in [-0.2, -0.15) is 0 Å². The number of esters is 1. The molecule has 2 heterocycles. The maximum atomic E-state index is 14.1. The van der Waals surface area contributed by atoms with Crippen molar-refractivity contribution < 1.29 is 32.3 Å². The molecule has 8 nitrogen and oxygen atoms in total. The molecule has 1 amide bonds. The zero-order valence-corrected chi connectivity index (χ0v) is 19.7. The number of halogens is 3. The molecule has 2 aromatic heterocycles. The minimum atomic E-state index is -0.702. The minimum Gasteiger partial charge on any atom is -0.456 e. The number of methoxy groups -OCH3 is 1. The van der Waals surface area contributed by atoms with Crippen molar-refractivity contribution in [2.75, 3.05) is 13.7 Å². The van der Waals surface area contributed by atoms with Gasteiger partial charge in [-0.1, -0.05) is 35.9 Å². The molecule has 2 aromatic carbocycles. The number of benzene rings is 2. The van der Waals surface area contributed by atoms with Crippen LogP contribution >= 0.6 is 11.6 Å². The maximum absolute atomic E-state index is 14.1. The van der Waals surface area contributed by atoms with Crippen LogP contribution in [0.4, 0.5) is 13.6 Å². The lowest BCUT2D eigenvalue weighted by Gasteiger charge is -2.09. The van der Waals surface area contributed by atoms with E-state index in [1.807, 2.05) is 0 Å². The first-order chi connectivity index (χ1) is 17.4. The molecular formula is C25H20ClF2N3O5. The van der Waals surface area contributed by atoms with E-state index in [1.165, 1.54) is 25.3 Å². The number of rotatable bonds is 8. The average Bonchev–Trinajstić information content (AvgIpc) is 3.47. The zero-order chi connectivity index (χ0) is 25.7. The molecule has 0 saturated carbocycles. The lowest BCUT2D eigenvalue weighted by molar-refractivity contribution is 0.0467. The summed E-state index contributed by atoms with van der Waals surface area (Å²) in [6, 6.07) is 8.74. The van der Waals surface area contributed by atoms with Gasteiger partial charge in [0.1, 0.15) is 24.5 Å². The van der Waals surface area contributed by atoms with Crippen LogP contribution in [-0.2, 0) is 22.6 Å². The quantitative estimate of drug-likeness (QED) is 0.318. The summed E-state index contributed by atoms with van der Waals surface area (Å²) in [6.07, 6.45) is 5.29. The Morgan fingerprint density at radius 2 is 2.06 bits per heavy atom. The van der Waals surface area contributed by atoms with Crippen LogP contribution in [0.15, 0.2) is 59.4 Å². The van der Waals surface area contributed by atoms with Gasteiger partial charge in [0.15, 0.2) is 5.69 Å². The van der Waals surface area contributed by atoms with E-state index in [1.54, 1.807) is 35.0 Å². The zero-order valence-electron chi connectivity index (χ0n) is 19.0. The van der Waals surface area contributed by atoms with Gasteiger partial charge in [-0.3, -0.25) is 0 Å². The van der Waals surface area contributed by atoms with Gasteiger partial charge in [0.2, 0.25) is 5.89 Å². The number of nitrogens with zero attached hydrogens (tertiary/aromatic N) is 2. The van der Waals surface area contributed by atoms with Crippen LogP contribution in [0.2, 0.25) is 5.02 Å². The predicted molar refractivity (Wildman–Crippen MR) is 127 cm³/mol. The number of nitrogens with one attached hydrogen (secondary N) is 1. The number of carbonyl (C=O) groups is 2. The molecule has 0 atom stereocenters. The van der Waals surface area contributed by atoms with E-state index < -0.39 is 23.7 Å². The summed E-state index contributed by atoms with van der Waals surface area (Å²) in [5.41, 5.74) is 1.62. The first kappa shape index (κ1) is 24.9. The Hall–Kier alpha value is -4.18. The number of hydrogen-bond donors (Lipinski definition) is 1. The molecular weight excluding hydrogens is 496 g/mol. The monoisotopic (exact) mass is 515 g/mol. The van der Waals surface area contributed by atoms with E-state index in [-0.39, 0.29) is 31.3 Å². The number of hydrogen-bond acceptors (Lipinski definition) is 6. The van der Waals surface area contributed by atoms with Crippen molar-refractivity contribution in [3.05, 3.63) is 94.3 Å². The van der Waals surface area contributed by atoms with Gasteiger partial charge in [-0.05, 0) is 18.2 Å². The predicted octanol–water partition coefficient (Wildman–Crippen LogP) is 5.34. The van der Waals surface area contributed by atoms with Gasteiger partial charge in [-0.25, -0.2) is 23.4 Å². The average molecular weight is 516 g/mol. The van der Waals surface area contributed by atoms with E-state index in [9.17, 15) is 18.4 Å². The summed E-state index contributed by atoms with van der Waals surface area (Å²) in [5.74, 6) is -1.85. The Labute approximate surface area is 209 Å². The van der Waals surface area contributed by atoms with Crippen LogP contribution in [0.3, 0.4) is 0 Å². The Morgan fingerprint density at radius 3 is 2.83 bits per heavy atom. The number of alkyl carbamates (subject to hydrolysis) is 1. The number of amides is 1. The van der Waals surface area contributed by atoms with Crippen molar-refractivity contribution >= 4 is 40.6 Å². The summed E-state index contributed by atoms with van der Waals surface area (Å²) < 4.78 is 44.2. The molecule has 0 saturated heterocycles. The molecule has 1 N–H and O–H groups in total. The van der Waals surface area contributed by atoms with Gasteiger partial charge in [-0.15, -0.1) is 0 Å². The van der Waals surface area contributed by atoms with Gasteiger partial charge < -0.3 is 23.8 Å². The first-order valence-electron chi connectivity index (χ1n) is 10.7. The summed E-state index contributed by atoms with van der Waals surface area (Å²) in [7, 11) is 1.25. The van der Waals surface area contributed by atoms with Crippen LogP contribution in [-0.4, -0.2) is 35.3 Å². The highest BCUT2D eigenvalue weighted by atomic mass is 35.5. The third-order valence-corrected chi connectivity index (χ3v) is 5.49. The largest absolute Gasteiger partial charge is 0.456 e. The van der Waals surface area contributed by atoms with Gasteiger partial charge in [0.05, 0.1) is 24.2 Å². The fourth-order valence-electron chi connectivity index (χ4n) is 3.51. The molecule has 0 aliphatic rings. The van der Waals surface area contributed by atoms with Gasteiger partial charge in [0, 0.05) is 35.3 Å². The van der Waals surface area contributed by atoms with Crippen molar-refractivity contribution in [2.24, 2.45) is 0 Å². The first-order valence-corrected chi connectivity index (χ1v) is 11.0. The van der Waals surface area contributed by atoms with Crippen molar-refractivity contribution in [1.29, 1.82) is 0 Å². The molecule has 0 spiro atoms. The maximum Gasteiger partial charge on any atom is 0.407 e. The SMILES string of the molecule is COC(=O)NC/C=C\c1nc(C(=O)OCc2cccc3c2c(Cl)cn3Cc2ccc(F)cc2F)co1. The molecule has 0 fully saturated rings. The number of ether oxygens (including phenoxy) is 2. The van der Waals surface area contributed by atoms with E-state index in [2.05, 4.69) is 15.0 Å². The molecule has 0 bridgehead atoms. The lowest BCUT2D eigenvalue weighted by atomic mass is 10.1. The summed E-state index contributed by atoms with van der Waals surface area (Å²) in [5, 5.41) is 3.50. The smallest absolute Gasteiger partial charge is 0.407 e. The summed E-state index contributed by atoms with van der Waals surface area (Å²) in [4.78, 5) is 27.5. The normalized spacial score (nSPS) is 11.2. The van der Waals surface area contributed by atoms with Crippen molar-refractivity contribution in [1.82, 2.24) is 14.9 Å². The van der Waals surface area contributed by atoms with Crippen molar-refractivity contribution in [3.8, 4) is 0 Å². The number of fused-ring (bicyclic) bond motifs is 1. The second-order valence-corrected chi connectivity index (χ2v) is 7.98. The highest BCUT2D eigenvalue weighted by molar-refractivity contribution is 6.36. The second kappa shape index (κ2) is 11.0. The van der Waals surface area contributed by atoms with Crippen LogP contribution in [0.5, 0.6) is 0 Å². The van der Waals surface area contributed by atoms with Crippen LogP contribution in [0, 0.1) is 11.6 Å². The number of carbonyl (C=O) groups excluding carboxylic acids is 2. The minimum absolute atomic E-state index is 0.0294. The number of oxazole rings is 1. The summed E-state index contributed by atoms with van der Waals surface area (Å²) in [6.45, 7) is 0.238. The fraction of sp³-hybridized carbons (Fsp3) is 0.160. The molecule has 0 aliphatic carbocycles. The highest BCUT2D eigenvalue weighted by Gasteiger charge is 2.17. The van der Waals surface area contributed by atoms with E-state index in [4.69, 9.17) is 20.8 Å². The Morgan fingerprint density at radius 1 is 1.22 bits per heavy atom. The molecule has 4 rings (SSSR count). The van der Waals surface area contributed by atoms with Crippen molar-refractivity contribution in [3.63, 3.8) is 0 Å². The topological polar surface area (TPSA) is 95.6 Å². The standard InChI is InChI=1S/C25H20ClF2N3O5/c1-34-25(33)29-9-3-6-22-30-20(14-35-22)24(32)36-13-16-4-2-5-21-23(16)18(26)12-31(21)11-15-7-8-17(27)10-19(15)28/h2-8,10,12,14H,9,11,13H2,1H3,(H,29,33)/b6-3-. The summed E-state index contributed by atoms with van der Waals surface area (Å²) >= 11 is 6.45.